The fourth-order valence-corrected chi connectivity index (χ4v) is 3.21. The van der Waals surface area contributed by atoms with Crippen LogP contribution in [0.5, 0.6) is 0 Å². The van der Waals surface area contributed by atoms with Crippen LogP contribution in [0.4, 0.5) is 0 Å². The molecule has 0 aromatic heterocycles. The molecule has 0 amide bonds. The molecule has 3 heteroatoms. The molecule has 0 heterocycles. The topological polar surface area (TPSA) is 50.4 Å². The largest absolute Gasteiger partial charge is 0.312 e. The number of nitrogens with one attached hydrogen (secondary N) is 1. The van der Waals surface area contributed by atoms with Gasteiger partial charge in [0, 0.05) is 6.42 Å². The van der Waals surface area contributed by atoms with Crippen molar-refractivity contribution >= 4 is 5.84 Å². The lowest BCUT2D eigenvalue weighted by Gasteiger charge is -2.19. The van der Waals surface area contributed by atoms with Crippen LogP contribution in [-0.4, -0.2) is 11.9 Å². The van der Waals surface area contributed by atoms with Gasteiger partial charge in [-0.25, -0.2) is 5.84 Å². The minimum absolute atomic E-state index is 0.531. The predicted molar refractivity (Wildman–Crippen MR) is 93.5 cm³/mol. The Morgan fingerprint density at radius 2 is 1.48 bits per heavy atom. The molecule has 0 spiro atoms. The van der Waals surface area contributed by atoms with Gasteiger partial charge in [-0.2, -0.15) is 0 Å². The van der Waals surface area contributed by atoms with E-state index < -0.39 is 0 Å². The lowest BCUT2D eigenvalue weighted by atomic mass is 9.96. The Balaban J connectivity index is 2.00. The fourth-order valence-electron chi connectivity index (χ4n) is 3.21. The van der Waals surface area contributed by atoms with Gasteiger partial charge < -0.3 is 5.43 Å². The van der Waals surface area contributed by atoms with Gasteiger partial charge in [0.25, 0.3) is 0 Å². The number of amidine groups is 1. The molecule has 1 aliphatic rings. The number of nitrogens with zero attached hydrogens (tertiary/aromatic N) is 1. The van der Waals surface area contributed by atoms with Crippen molar-refractivity contribution in [2.75, 3.05) is 0 Å². The monoisotopic (exact) mass is 295 g/mol. The molecular formula is C18H37N3. The Bertz CT molecular complexity index is 257. The third kappa shape index (κ3) is 9.89. The van der Waals surface area contributed by atoms with Gasteiger partial charge in [0.05, 0.1) is 6.04 Å². The summed E-state index contributed by atoms with van der Waals surface area (Å²) in [5.41, 5.74) is 2.82. The number of hydrogen-bond acceptors (Lipinski definition) is 2. The van der Waals surface area contributed by atoms with Crippen molar-refractivity contribution < 1.29 is 0 Å². The molecule has 1 saturated carbocycles. The van der Waals surface area contributed by atoms with E-state index in [1.807, 2.05) is 0 Å². The fraction of sp³-hybridized carbons (Fsp3) is 0.944. The minimum Gasteiger partial charge on any atom is -0.312 e. The first-order valence-corrected chi connectivity index (χ1v) is 9.40. The summed E-state index contributed by atoms with van der Waals surface area (Å²) in [6.45, 7) is 2.28. The van der Waals surface area contributed by atoms with Gasteiger partial charge in [-0.1, -0.05) is 77.6 Å². The van der Waals surface area contributed by atoms with E-state index in [1.54, 1.807) is 0 Å². The van der Waals surface area contributed by atoms with Crippen molar-refractivity contribution in [3.63, 3.8) is 0 Å². The molecule has 0 bridgehead atoms. The van der Waals surface area contributed by atoms with E-state index in [0.717, 1.165) is 12.3 Å². The van der Waals surface area contributed by atoms with Crippen LogP contribution in [0.15, 0.2) is 4.99 Å². The van der Waals surface area contributed by atoms with E-state index in [4.69, 9.17) is 10.8 Å². The summed E-state index contributed by atoms with van der Waals surface area (Å²) < 4.78 is 0. The predicted octanol–water partition coefficient (Wildman–Crippen LogP) is 5.10. The normalized spacial score (nSPS) is 17.1. The third-order valence-electron chi connectivity index (χ3n) is 4.60. The molecule has 1 rings (SSSR count). The highest BCUT2D eigenvalue weighted by atomic mass is 15.3. The third-order valence-corrected chi connectivity index (χ3v) is 4.60. The van der Waals surface area contributed by atoms with Gasteiger partial charge in [-0.3, -0.25) is 4.99 Å². The summed E-state index contributed by atoms with van der Waals surface area (Å²) in [6.07, 6.45) is 19.9. The molecule has 1 fully saturated rings. The molecule has 0 aromatic carbocycles. The quantitative estimate of drug-likeness (QED) is 0.183. The molecule has 124 valence electrons. The highest BCUT2D eigenvalue weighted by molar-refractivity contribution is 5.81. The molecule has 0 aromatic rings. The van der Waals surface area contributed by atoms with Gasteiger partial charge in [0.2, 0.25) is 0 Å². The van der Waals surface area contributed by atoms with E-state index in [2.05, 4.69) is 12.3 Å². The molecule has 0 atom stereocenters. The summed E-state index contributed by atoms with van der Waals surface area (Å²) in [5, 5.41) is 0. The van der Waals surface area contributed by atoms with Crippen LogP contribution in [0.3, 0.4) is 0 Å². The van der Waals surface area contributed by atoms with E-state index >= 15 is 0 Å². The molecule has 3 nitrogen and oxygen atoms in total. The number of hydrogen-bond donors (Lipinski definition) is 2. The van der Waals surface area contributed by atoms with Crippen LogP contribution < -0.4 is 11.3 Å². The molecule has 0 saturated heterocycles. The second kappa shape index (κ2) is 13.1. The zero-order chi connectivity index (χ0) is 15.2. The average molecular weight is 296 g/mol. The Morgan fingerprint density at radius 1 is 0.905 bits per heavy atom. The highest BCUT2D eigenvalue weighted by Crippen LogP contribution is 2.20. The summed E-state index contributed by atoms with van der Waals surface area (Å²) in [5.74, 6) is 6.65. The Morgan fingerprint density at radius 3 is 2.05 bits per heavy atom. The standard InChI is InChI=1S/C18H37N3/c1-2-3-4-5-6-7-8-9-13-16-18(21-19)20-17-14-11-10-12-15-17/h17H,2-16,19H2,1H3,(H,20,21). The molecule has 0 radical (unpaired) electrons. The molecular weight excluding hydrogens is 258 g/mol. The van der Waals surface area contributed by atoms with Crippen LogP contribution in [0.25, 0.3) is 0 Å². The van der Waals surface area contributed by atoms with E-state index in [-0.39, 0.29) is 0 Å². The first-order valence-electron chi connectivity index (χ1n) is 9.40. The Kier molecular flexibility index (Phi) is 11.5. The van der Waals surface area contributed by atoms with Crippen LogP contribution in [0.1, 0.15) is 103 Å². The van der Waals surface area contributed by atoms with Gasteiger partial charge in [-0.15, -0.1) is 0 Å². The van der Waals surface area contributed by atoms with Crippen molar-refractivity contribution in [2.24, 2.45) is 10.8 Å². The smallest absolute Gasteiger partial charge is 0.111 e. The van der Waals surface area contributed by atoms with E-state index in [9.17, 15) is 0 Å². The summed E-state index contributed by atoms with van der Waals surface area (Å²) in [4.78, 5) is 4.80. The summed E-state index contributed by atoms with van der Waals surface area (Å²) in [6, 6.07) is 0.531. The van der Waals surface area contributed by atoms with E-state index in [1.165, 1.54) is 89.9 Å². The molecule has 21 heavy (non-hydrogen) atoms. The Hall–Kier alpha value is -0.570. The lowest BCUT2D eigenvalue weighted by Crippen LogP contribution is -2.32. The highest BCUT2D eigenvalue weighted by Gasteiger charge is 2.12. The lowest BCUT2D eigenvalue weighted by molar-refractivity contribution is 0.441. The van der Waals surface area contributed by atoms with Crippen molar-refractivity contribution in [3.8, 4) is 0 Å². The zero-order valence-electron chi connectivity index (χ0n) is 14.2. The zero-order valence-corrected chi connectivity index (χ0v) is 14.2. The van der Waals surface area contributed by atoms with Crippen LogP contribution in [-0.2, 0) is 0 Å². The number of unbranched alkanes of at least 4 members (excludes halogenated alkanes) is 8. The van der Waals surface area contributed by atoms with Crippen molar-refractivity contribution in [1.82, 2.24) is 5.43 Å². The van der Waals surface area contributed by atoms with Crippen molar-refractivity contribution in [1.29, 1.82) is 0 Å². The second-order valence-corrected chi connectivity index (χ2v) is 6.59. The van der Waals surface area contributed by atoms with Crippen LogP contribution in [0.2, 0.25) is 0 Å². The Labute approximate surface area is 132 Å². The number of rotatable bonds is 11. The van der Waals surface area contributed by atoms with Crippen molar-refractivity contribution in [2.45, 2.75) is 109 Å². The molecule has 0 aliphatic heterocycles. The van der Waals surface area contributed by atoms with Gasteiger partial charge in [0.1, 0.15) is 5.84 Å². The second-order valence-electron chi connectivity index (χ2n) is 6.59. The van der Waals surface area contributed by atoms with Crippen molar-refractivity contribution in [3.05, 3.63) is 0 Å². The van der Waals surface area contributed by atoms with Gasteiger partial charge >= 0.3 is 0 Å². The summed E-state index contributed by atoms with van der Waals surface area (Å²) >= 11 is 0. The molecule has 0 unspecified atom stereocenters. The maximum Gasteiger partial charge on any atom is 0.111 e. The minimum atomic E-state index is 0.531. The SMILES string of the molecule is CCCCCCCCCCCC(=NC1CCCCC1)NN. The number of hydrazine groups is 1. The van der Waals surface area contributed by atoms with Gasteiger partial charge in [-0.05, 0) is 19.3 Å². The van der Waals surface area contributed by atoms with Crippen LogP contribution >= 0.6 is 0 Å². The van der Waals surface area contributed by atoms with E-state index in [0.29, 0.717) is 6.04 Å². The summed E-state index contributed by atoms with van der Waals surface area (Å²) in [7, 11) is 0. The average Bonchev–Trinajstić information content (AvgIpc) is 2.53. The maximum atomic E-state index is 5.62. The molecule has 1 aliphatic carbocycles. The first kappa shape index (κ1) is 18.5. The maximum absolute atomic E-state index is 5.62. The van der Waals surface area contributed by atoms with Gasteiger partial charge in [0.15, 0.2) is 0 Å². The first-order chi connectivity index (χ1) is 10.4. The number of nitrogens with two attached hydrogens (primary N) is 1. The number of aliphatic imine (C=N–C) groups is 1. The molecule has 3 N–H and O–H groups in total. The van der Waals surface area contributed by atoms with Crippen LogP contribution in [0, 0.1) is 0 Å².